The van der Waals surface area contributed by atoms with Crippen LogP contribution in [-0.4, -0.2) is 11.4 Å². The maximum absolute atomic E-state index is 11.9. The third-order valence-corrected chi connectivity index (χ3v) is 3.40. The Labute approximate surface area is 107 Å². The highest BCUT2D eigenvalue weighted by atomic mass is 32.1. The van der Waals surface area contributed by atoms with Crippen molar-refractivity contribution in [1.82, 2.24) is 5.32 Å². The molecule has 0 aromatic carbocycles. The second-order valence-corrected chi connectivity index (χ2v) is 6.07. The molecular weight excluding hydrogens is 232 g/mol. The molecule has 0 aliphatic rings. The smallest absolute Gasteiger partial charge is 0.222 e. The first-order chi connectivity index (χ1) is 7.92. The van der Waals surface area contributed by atoms with E-state index >= 15 is 0 Å². The summed E-state index contributed by atoms with van der Waals surface area (Å²) >= 11 is 1.68. The van der Waals surface area contributed by atoms with Crippen LogP contribution in [0.4, 0.5) is 0 Å². The zero-order chi connectivity index (χ0) is 12.9. The molecule has 0 fully saturated rings. The number of carbonyl (C=O) groups is 1. The van der Waals surface area contributed by atoms with Crippen molar-refractivity contribution in [2.24, 2.45) is 5.73 Å². The van der Waals surface area contributed by atoms with Crippen molar-refractivity contribution in [2.75, 3.05) is 0 Å². The van der Waals surface area contributed by atoms with E-state index in [0.29, 0.717) is 6.42 Å². The SMILES string of the molecule is CCCC(NC(=O)CC(C)(C)N)c1cccs1. The Balaban J connectivity index is 2.59. The molecule has 0 spiro atoms. The first kappa shape index (κ1) is 14.2. The zero-order valence-electron chi connectivity index (χ0n) is 10.8. The molecule has 3 nitrogen and oxygen atoms in total. The van der Waals surface area contributed by atoms with Crippen molar-refractivity contribution < 1.29 is 4.79 Å². The van der Waals surface area contributed by atoms with Crippen molar-refractivity contribution in [1.29, 1.82) is 0 Å². The first-order valence-corrected chi connectivity index (χ1v) is 6.92. The molecule has 0 saturated heterocycles. The van der Waals surface area contributed by atoms with Crippen LogP contribution < -0.4 is 11.1 Å². The summed E-state index contributed by atoms with van der Waals surface area (Å²) in [6.07, 6.45) is 2.38. The number of thiophene rings is 1. The normalized spacial score (nSPS) is 13.4. The number of hydrogen-bond donors (Lipinski definition) is 2. The van der Waals surface area contributed by atoms with Crippen molar-refractivity contribution in [3.63, 3.8) is 0 Å². The molecule has 0 aliphatic heterocycles. The van der Waals surface area contributed by atoms with E-state index in [1.807, 2.05) is 25.3 Å². The van der Waals surface area contributed by atoms with Gasteiger partial charge in [0.05, 0.1) is 6.04 Å². The van der Waals surface area contributed by atoms with Gasteiger partial charge in [0.15, 0.2) is 0 Å². The van der Waals surface area contributed by atoms with Crippen LogP contribution in [0.3, 0.4) is 0 Å². The van der Waals surface area contributed by atoms with E-state index in [2.05, 4.69) is 18.3 Å². The largest absolute Gasteiger partial charge is 0.348 e. The van der Waals surface area contributed by atoms with Gasteiger partial charge in [0, 0.05) is 16.8 Å². The van der Waals surface area contributed by atoms with Crippen LogP contribution >= 0.6 is 11.3 Å². The third-order valence-electron chi connectivity index (χ3n) is 2.42. The fourth-order valence-electron chi connectivity index (χ4n) is 1.72. The number of rotatable bonds is 6. The summed E-state index contributed by atoms with van der Waals surface area (Å²) in [5, 5.41) is 5.11. The van der Waals surface area contributed by atoms with Crippen LogP contribution in [-0.2, 0) is 4.79 Å². The van der Waals surface area contributed by atoms with Gasteiger partial charge in [-0.25, -0.2) is 0 Å². The fraction of sp³-hybridized carbons (Fsp3) is 0.615. The predicted molar refractivity (Wildman–Crippen MR) is 73.0 cm³/mol. The number of carbonyl (C=O) groups excluding carboxylic acids is 1. The minimum absolute atomic E-state index is 0.0318. The lowest BCUT2D eigenvalue weighted by molar-refractivity contribution is -0.122. The van der Waals surface area contributed by atoms with E-state index in [4.69, 9.17) is 5.73 Å². The van der Waals surface area contributed by atoms with E-state index in [1.165, 1.54) is 4.88 Å². The zero-order valence-corrected chi connectivity index (χ0v) is 11.6. The van der Waals surface area contributed by atoms with Gasteiger partial charge in [0.25, 0.3) is 0 Å². The molecule has 4 heteroatoms. The molecule has 0 radical (unpaired) electrons. The third kappa shape index (κ3) is 5.33. The van der Waals surface area contributed by atoms with Gasteiger partial charge in [-0.15, -0.1) is 11.3 Å². The molecule has 0 saturated carbocycles. The monoisotopic (exact) mass is 254 g/mol. The van der Waals surface area contributed by atoms with Crippen LogP contribution in [0.2, 0.25) is 0 Å². The standard InChI is InChI=1S/C13H22N2OS/c1-4-6-10(11-7-5-8-17-11)15-12(16)9-13(2,3)14/h5,7-8,10H,4,6,9,14H2,1-3H3,(H,15,16). The van der Waals surface area contributed by atoms with Crippen molar-refractivity contribution in [3.05, 3.63) is 22.4 Å². The number of nitrogens with two attached hydrogens (primary N) is 1. The van der Waals surface area contributed by atoms with Gasteiger partial charge in [-0.1, -0.05) is 19.4 Å². The summed E-state index contributed by atoms with van der Waals surface area (Å²) in [4.78, 5) is 13.1. The molecular formula is C13H22N2OS. The summed E-state index contributed by atoms with van der Waals surface area (Å²) < 4.78 is 0. The summed E-state index contributed by atoms with van der Waals surface area (Å²) in [6.45, 7) is 5.86. The Morgan fingerprint density at radius 2 is 2.29 bits per heavy atom. The second-order valence-electron chi connectivity index (χ2n) is 5.09. The minimum atomic E-state index is -0.448. The van der Waals surface area contributed by atoms with Gasteiger partial charge < -0.3 is 11.1 Å². The molecule has 1 atom stereocenters. The molecule has 1 aromatic rings. The first-order valence-electron chi connectivity index (χ1n) is 6.04. The van der Waals surface area contributed by atoms with Gasteiger partial charge in [-0.05, 0) is 31.7 Å². The lowest BCUT2D eigenvalue weighted by atomic mass is 10.0. The topological polar surface area (TPSA) is 55.1 Å². The average molecular weight is 254 g/mol. The molecule has 1 aromatic heterocycles. The summed E-state index contributed by atoms with van der Waals surface area (Å²) in [5.41, 5.74) is 5.40. The van der Waals surface area contributed by atoms with Gasteiger partial charge in [0.2, 0.25) is 5.91 Å². The van der Waals surface area contributed by atoms with Crippen LogP contribution in [0.25, 0.3) is 0 Å². The minimum Gasteiger partial charge on any atom is -0.348 e. The Morgan fingerprint density at radius 1 is 1.59 bits per heavy atom. The van der Waals surface area contributed by atoms with Crippen LogP contribution in [0, 0.1) is 0 Å². The number of nitrogens with one attached hydrogen (secondary N) is 1. The Hall–Kier alpha value is -0.870. The highest BCUT2D eigenvalue weighted by Gasteiger charge is 2.20. The maximum Gasteiger partial charge on any atom is 0.222 e. The van der Waals surface area contributed by atoms with Gasteiger partial charge in [0.1, 0.15) is 0 Å². The van der Waals surface area contributed by atoms with Crippen molar-refractivity contribution >= 4 is 17.2 Å². The van der Waals surface area contributed by atoms with E-state index in [0.717, 1.165) is 12.8 Å². The van der Waals surface area contributed by atoms with Crippen molar-refractivity contribution in [3.8, 4) is 0 Å². The highest BCUT2D eigenvalue weighted by Crippen LogP contribution is 2.23. The van der Waals surface area contributed by atoms with Gasteiger partial charge in [-0.3, -0.25) is 4.79 Å². The maximum atomic E-state index is 11.9. The van der Waals surface area contributed by atoms with Crippen LogP contribution in [0.1, 0.15) is 51.0 Å². The predicted octanol–water partition coefficient (Wildman–Crippen LogP) is 2.83. The van der Waals surface area contributed by atoms with Crippen LogP contribution in [0.15, 0.2) is 17.5 Å². The highest BCUT2D eigenvalue weighted by molar-refractivity contribution is 7.10. The Kier molecular flexibility index (Phi) is 5.15. The molecule has 1 unspecified atom stereocenters. The molecule has 1 heterocycles. The Morgan fingerprint density at radius 3 is 2.76 bits per heavy atom. The summed E-state index contributed by atoms with van der Waals surface area (Å²) in [7, 11) is 0. The number of amides is 1. The number of hydrogen-bond acceptors (Lipinski definition) is 3. The molecule has 17 heavy (non-hydrogen) atoms. The van der Waals surface area contributed by atoms with E-state index in [-0.39, 0.29) is 11.9 Å². The van der Waals surface area contributed by atoms with E-state index in [1.54, 1.807) is 11.3 Å². The molecule has 0 aliphatic carbocycles. The molecule has 0 bridgehead atoms. The Bertz CT molecular complexity index is 341. The quantitative estimate of drug-likeness (QED) is 0.820. The summed E-state index contributed by atoms with van der Waals surface area (Å²) in [5.74, 6) is 0.0318. The average Bonchev–Trinajstić information content (AvgIpc) is 2.66. The van der Waals surface area contributed by atoms with Crippen LogP contribution in [0.5, 0.6) is 0 Å². The van der Waals surface area contributed by atoms with E-state index < -0.39 is 5.54 Å². The fourth-order valence-corrected chi connectivity index (χ4v) is 2.54. The lowest BCUT2D eigenvalue weighted by Crippen LogP contribution is -2.40. The van der Waals surface area contributed by atoms with Gasteiger partial charge >= 0.3 is 0 Å². The molecule has 1 amide bonds. The molecule has 96 valence electrons. The second kappa shape index (κ2) is 6.17. The van der Waals surface area contributed by atoms with Crippen molar-refractivity contribution in [2.45, 2.75) is 51.6 Å². The van der Waals surface area contributed by atoms with Gasteiger partial charge in [-0.2, -0.15) is 0 Å². The molecule has 3 N–H and O–H groups in total. The van der Waals surface area contributed by atoms with E-state index in [9.17, 15) is 4.79 Å². The lowest BCUT2D eigenvalue weighted by Gasteiger charge is -2.21. The summed E-state index contributed by atoms with van der Waals surface area (Å²) in [6, 6.07) is 4.22. The molecule has 1 rings (SSSR count).